The monoisotopic (exact) mass is 878 g/mol. The number of hydrogen-bond acceptors (Lipinski definition) is 0. The van der Waals surface area contributed by atoms with Crippen molar-refractivity contribution in [2.45, 2.75) is 6.42 Å². The summed E-state index contributed by atoms with van der Waals surface area (Å²) in [7, 11) is 0. The first kappa shape index (κ1) is 34.0. The summed E-state index contributed by atoms with van der Waals surface area (Å²) in [6, 6.07) is 54.3. The molecule has 0 aliphatic heterocycles. The molecule has 318 valence electrons. The second kappa shape index (κ2) is 11.2. The van der Waals surface area contributed by atoms with Crippen LogP contribution in [0.15, 0.2) is 146 Å². The first-order chi connectivity index (χ1) is 34.1. The summed E-state index contributed by atoms with van der Waals surface area (Å²) >= 11 is 0. The SMILES string of the molecule is c1ccc2c(c1)[nH]c1cc3c(cc12)Cc1cc2c(cc1-3)[nH]c1c2c2[nH]c3cc4c(cc3c2c2[nH]c3cc5c(cc3c12)[nH]c1cc2c(cc15)[nH]c1ccccc12)[nH]c1cc2c(cc14)[nH]c1ccccc12. The van der Waals surface area contributed by atoms with Crippen LogP contribution in [0.1, 0.15) is 11.1 Å². The van der Waals surface area contributed by atoms with Crippen molar-refractivity contribution in [2.75, 3.05) is 0 Å². The van der Waals surface area contributed by atoms with Crippen LogP contribution < -0.4 is 0 Å². The molecule has 8 heteroatoms. The van der Waals surface area contributed by atoms with Gasteiger partial charge in [0.25, 0.3) is 0 Å². The molecule has 10 aromatic carbocycles. The molecule has 19 rings (SSSR count). The fourth-order valence-electron chi connectivity index (χ4n) is 13.4. The maximum absolute atomic E-state index is 4.07. The highest BCUT2D eigenvalue weighted by Crippen LogP contribution is 2.49. The summed E-state index contributed by atoms with van der Waals surface area (Å²) in [5.41, 5.74) is 23.7. The van der Waals surface area contributed by atoms with Crippen LogP contribution in [0.3, 0.4) is 0 Å². The predicted octanol–water partition coefficient (Wildman–Crippen LogP) is 16.3. The van der Waals surface area contributed by atoms with Crippen LogP contribution in [0.25, 0.3) is 186 Å². The zero-order chi connectivity index (χ0) is 44.1. The van der Waals surface area contributed by atoms with E-state index in [9.17, 15) is 0 Å². The largest absolute Gasteiger partial charge is 0.354 e. The summed E-state index contributed by atoms with van der Waals surface area (Å²) in [6.45, 7) is 0. The van der Waals surface area contributed by atoms with Crippen LogP contribution in [0.4, 0.5) is 0 Å². The highest BCUT2D eigenvalue weighted by molar-refractivity contribution is 6.40. The lowest BCUT2D eigenvalue weighted by Crippen LogP contribution is -1.81. The van der Waals surface area contributed by atoms with Crippen LogP contribution in [0, 0.1) is 0 Å². The average Bonchev–Trinajstić information content (AvgIpc) is 4.25. The highest BCUT2D eigenvalue weighted by atomic mass is 14.8. The number of aromatic nitrogens is 8. The lowest BCUT2D eigenvalue weighted by Gasteiger charge is -2.03. The molecule has 1 aliphatic carbocycles. The molecule has 0 atom stereocenters. The molecule has 1 aliphatic rings. The van der Waals surface area contributed by atoms with Crippen molar-refractivity contribution in [1.82, 2.24) is 39.9 Å². The molecule has 18 aromatic rings. The summed E-state index contributed by atoms with van der Waals surface area (Å²) in [6.07, 6.45) is 0.901. The molecule has 0 saturated heterocycles. The van der Waals surface area contributed by atoms with E-state index in [0.717, 1.165) is 83.7 Å². The number of para-hydroxylation sites is 3. The molecule has 8 nitrogen and oxygen atoms in total. The molecule has 69 heavy (non-hydrogen) atoms. The van der Waals surface area contributed by atoms with Gasteiger partial charge in [-0.15, -0.1) is 0 Å². The third-order valence-electron chi connectivity index (χ3n) is 16.5. The molecule has 0 saturated carbocycles. The Morgan fingerprint density at radius 2 is 0.478 bits per heavy atom. The lowest BCUT2D eigenvalue weighted by molar-refractivity contribution is 1.28. The van der Waals surface area contributed by atoms with Crippen molar-refractivity contribution < 1.29 is 0 Å². The second-order valence-corrected chi connectivity index (χ2v) is 19.9. The zero-order valence-electron chi connectivity index (χ0n) is 36.6. The number of nitrogens with one attached hydrogen (secondary N) is 8. The van der Waals surface area contributed by atoms with Crippen LogP contribution in [-0.2, 0) is 6.42 Å². The predicted molar refractivity (Wildman–Crippen MR) is 290 cm³/mol. The topological polar surface area (TPSA) is 126 Å². The molecule has 8 heterocycles. The Morgan fingerprint density at radius 1 is 0.217 bits per heavy atom. The van der Waals surface area contributed by atoms with Gasteiger partial charge >= 0.3 is 0 Å². The minimum Gasteiger partial charge on any atom is -0.354 e. The van der Waals surface area contributed by atoms with Crippen LogP contribution in [0.2, 0.25) is 0 Å². The van der Waals surface area contributed by atoms with Gasteiger partial charge in [-0.1, -0.05) is 54.6 Å². The Hall–Kier alpha value is -9.40. The van der Waals surface area contributed by atoms with E-state index >= 15 is 0 Å². The van der Waals surface area contributed by atoms with Gasteiger partial charge in [-0.05, 0) is 120 Å². The minimum absolute atomic E-state index is 0.901. The van der Waals surface area contributed by atoms with Gasteiger partial charge in [-0.25, -0.2) is 0 Å². The van der Waals surface area contributed by atoms with E-state index in [0.29, 0.717) is 0 Å². The summed E-state index contributed by atoms with van der Waals surface area (Å²) in [4.78, 5) is 31.0. The Bertz CT molecular complexity index is 5470. The van der Waals surface area contributed by atoms with Crippen molar-refractivity contribution in [2.24, 2.45) is 0 Å². The van der Waals surface area contributed by atoms with E-state index in [1.165, 1.54) is 119 Å². The molecule has 0 radical (unpaired) electrons. The van der Waals surface area contributed by atoms with Crippen molar-refractivity contribution in [3.8, 4) is 11.1 Å². The van der Waals surface area contributed by atoms with E-state index in [2.05, 4.69) is 185 Å². The van der Waals surface area contributed by atoms with Gasteiger partial charge < -0.3 is 39.9 Å². The quantitative estimate of drug-likeness (QED) is 0.0739. The van der Waals surface area contributed by atoms with Gasteiger partial charge in [-0.3, -0.25) is 0 Å². The summed E-state index contributed by atoms with van der Waals surface area (Å²) in [5.74, 6) is 0. The first-order valence-corrected chi connectivity index (χ1v) is 23.9. The van der Waals surface area contributed by atoms with Crippen LogP contribution in [0.5, 0.6) is 0 Å². The zero-order valence-corrected chi connectivity index (χ0v) is 36.6. The Balaban J connectivity index is 0.911. The van der Waals surface area contributed by atoms with Gasteiger partial charge in [0.15, 0.2) is 0 Å². The minimum atomic E-state index is 0.901. The maximum Gasteiger partial charge on any atom is 0.0588 e. The number of hydrogen-bond donors (Lipinski definition) is 8. The summed E-state index contributed by atoms with van der Waals surface area (Å²) < 4.78 is 0. The van der Waals surface area contributed by atoms with Crippen molar-refractivity contribution in [3.05, 3.63) is 157 Å². The molecule has 0 spiro atoms. The van der Waals surface area contributed by atoms with Crippen LogP contribution in [-0.4, -0.2) is 39.9 Å². The lowest BCUT2D eigenvalue weighted by atomic mass is 9.99. The maximum atomic E-state index is 4.07. The molecule has 0 bridgehead atoms. The molecular formula is C61H34N8. The number of fused-ring (bicyclic) bond motifs is 30. The molecular weight excluding hydrogens is 845 g/mol. The van der Waals surface area contributed by atoms with Gasteiger partial charge in [0, 0.05) is 158 Å². The first-order valence-electron chi connectivity index (χ1n) is 23.9. The van der Waals surface area contributed by atoms with Crippen LogP contribution >= 0.6 is 0 Å². The second-order valence-electron chi connectivity index (χ2n) is 19.9. The third-order valence-corrected chi connectivity index (χ3v) is 16.5. The summed E-state index contributed by atoms with van der Waals surface area (Å²) in [5, 5.41) is 19.6. The van der Waals surface area contributed by atoms with Gasteiger partial charge in [0.1, 0.15) is 0 Å². The van der Waals surface area contributed by atoms with E-state index in [1.807, 2.05) is 0 Å². The Labute approximate surface area is 386 Å². The number of H-pyrrole nitrogens is 8. The van der Waals surface area contributed by atoms with Gasteiger partial charge in [-0.2, -0.15) is 0 Å². The van der Waals surface area contributed by atoms with E-state index in [4.69, 9.17) is 0 Å². The van der Waals surface area contributed by atoms with Gasteiger partial charge in [0.2, 0.25) is 0 Å². The van der Waals surface area contributed by atoms with E-state index in [-0.39, 0.29) is 0 Å². The number of aromatic amines is 8. The van der Waals surface area contributed by atoms with E-state index in [1.54, 1.807) is 0 Å². The molecule has 0 fully saturated rings. The number of rotatable bonds is 0. The Kier molecular flexibility index (Phi) is 5.53. The van der Waals surface area contributed by atoms with Crippen molar-refractivity contribution in [3.63, 3.8) is 0 Å². The molecule has 0 amide bonds. The average molecular weight is 879 g/mol. The fourth-order valence-corrected chi connectivity index (χ4v) is 13.4. The smallest absolute Gasteiger partial charge is 0.0588 e. The molecule has 8 aromatic heterocycles. The molecule has 0 unspecified atom stereocenters. The number of benzene rings is 10. The Morgan fingerprint density at radius 3 is 0.884 bits per heavy atom. The van der Waals surface area contributed by atoms with E-state index < -0.39 is 0 Å². The molecule has 8 N–H and O–H groups in total. The van der Waals surface area contributed by atoms with Crippen molar-refractivity contribution >= 4 is 174 Å². The standard InChI is InChI=1S/C61H34N8/c1-4-10-43-28(7-1)33-14-26-13-27-15-40-53(17-32(27)31(26)16-46(33)62-43)67-59-56(40)60-58(41-24-51-38(22-54(41)68-60)36-20-47-34(18-49(36)65-51)29-8-2-5-11-44(29)63-47)61-57(59)42-25-52-39(23-55(42)69-61)37-21-48-35(19-50(37)66-52)30-9-3-6-12-45(30)64-48/h1-12,14-25,62-69H,13H2. The van der Waals surface area contributed by atoms with Gasteiger partial charge in [0.05, 0.1) is 16.6 Å². The fraction of sp³-hybridized carbons (Fsp3) is 0.0164. The normalized spacial score (nSPS) is 13.4. The highest BCUT2D eigenvalue weighted by Gasteiger charge is 2.27. The van der Waals surface area contributed by atoms with Crippen molar-refractivity contribution in [1.29, 1.82) is 0 Å². The third kappa shape index (κ3) is 4.04.